The van der Waals surface area contributed by atoms with Crippen LogP contribution in [0.5, 0.6) is 0 Å². The molecule has 0 aliphatic rings. The summed E-state index contributed by atoms with van der Waals surface area (Å²) in [5.74, 6) is -0.313. The third-order valence-electron chi connectivity index (χ3n) is 7.08. The fourth-order valence-electron chi connectivity index (χ4n) is 5.52. The molecule has 182 valence electrons. The number of nitrogens with two attached hydrogens (primary N) is 2. The summed E-state index contributed by atoms with van der Waals surface area (Å²) in [5.41, 5.74) is 14.3. The molecule has 0 unspecified atom stereocenters. The van der Waals surface area contributed by atoms with E-state index >= 15 is 0 Å². The summed E-state index contributed by atoms with van der Waals surface area (Å²) in [7, 11) is 0. The molecule has 0 bridgehead atoms. The van der Waals surface area contributed by atoms with Gasteiger partial charge in [-0.2, -0.15) is 15.0 Å². The second-order valence-corrected chi connectivity index (χ2v) is 9.40. The Balaban J connectivity index is 1.26. The first kappa shape index (κ1) is 21.9. The average Bonchev–Trinajstić information content (AvgIpc) is 2.91. The molecule has 0 fully saturated rings. The molecule has 7 aromatic rings. The van der Waals surface area contributed by atoms with Crippen molar-refractivity contribution in [1.29, 1.82) is 0 Å². The number of hydrogen-bond donors (Lipinski definition) is 3. The van der Waals surface area contributed by atoms with Gasteiger partial charge in [0.2, 0.25) is 23.8 Å². The van der Waals surface area contributed by atoms with Crippen LogP contribution in [0.2, 0.25) is 0 Å². The molecule has 6 aromatic carbocycles. The van der Waals surface area contributed by atoms with Gasteiger partial charge in [0.05, 0.1) is 6.42 Å². The van der Waals surface area contributed by atoms with E-state index in [0.29, 0.717) is 0 Å². The number of nitrogens with zero attached hydrogens (tertiary/aromatic N) is 3. The first-order chi connectivity index (χ1) is 18.5. The lowest BCUT2D eigenvalue weighted by Crippen LogP contribution is -2.18. The lowest BCUT2D eigenvalue weighted by atomic mass is 9.87. The normalized spacial score (nSPS) is 11.6. The van der Waals surface area contributed by atoms with E-state index in [-0.39, 0.29) is 30.2 Å². The van der Waals surface area contributed by atoms with E-state index in [1.54, 1.807) is 0 Å². The lowest BCUT2D eigenvalue weighted by molar-refractivity contribution is -0.115. The van der Waals surface area contributed by atoms with Gasteiger partial charge < -0.3 is 11.5 Å². The van der Waals surface area contributed by atoms with Crippen molar-refractivity contribution in [1.82, 2.24) is 15.0 Å². The van der Waals surface area contributed by atoms with E-state index in [0.717, 1.165) is 16.7 Å². The van der Waals surface area contributed by atoms with Crippen LogP contribution in [0.3, 0.4) is 0 Å². The third-order valence-corrected chi connectivity index (χ3v) is 7.08. The molecule has 0 spiro atoms. The topological polar surface area (TPSA) is 120 Å². The Kier molecular flexibility index (Phi) is 4.84. The Morgan fingerprint density at radius 1 is 0.632 bits per heavy atom. The standard InChI is InChI=1S/C31H22N6O/c32-29-35-30(33)37-31(36-29)34-26(38)16-17-10-12-18(13-11-17)20-14-15-25-23-7-2-5-19-4-1-6-22(27(19)23)24-9-3-8-21(20)28(24)25/h1-15H,16H2,(H5,32,33,34,35,36,37,38). The number of aromatic nitrogens is 3. The third kappa shape index (κ3) is 3.52. The van der Waals surface area contributed by atoms with Gasteiger partial charge in [-0.1, -0.05) is 91.0 Å². The summed E-state index contributed by atoms with van der Waals surface area (Å²) in [6.45, 7) is 0. The van der Waals surface area contributed by atoms with Crippen molar-refractivity contribution in [3.05, 3.63) is 96.6 Å². The fourth-order valence-corrected chi connectivity index (χ4v) is 5.52. The summed E-state index contributed by atoms with van der Waals surface area (Å²) in [6, 6.07) is 32.1. The van der Waals surface area contributed by atoms with Crippen molar-refractivity contribution < 1.29 is 4.79 Å². The van der Waals surface area contributed by atoms with Gasteiger partial charge in [-0.05, 0) is 59.8 Å². The molecule has 5 N–H and O–H groups in total. The van der Waals surface area contributed by atoms with Crippen molar-refractivity contribution in [2.75, 3.05) is 16.8 Å². The van der Waals surface area contributed by atoms with E-state index in [4.69, 9.17) is 11.5 Å². The van der Waals surface area contributed by atoms with Gasteiger partial charge in [0, 0.05) is 0 Å². The quantitative estimate of drug-likeness (QED) is 0.206. The Morgan fingerprint density at radius 3 is 1.89 bits per heavy atom. The Labute approximate surface area is 217 Å². The van der Waals surface area contributed by atoms with Gasteiger partial charge in [0.1, 0.15) is 0 Å². The van der Waals surface area contributed by atoms with Gasteiger partial charge in [-0.3, -0.25) is 10.1 Å². The van der Waals surface area contributed by atoms with Crippen LogP contribution < -0.4 is 16.8 Å². The SMILES string of the molecule is Nc1nc(N)nc(NC(=O)Cc2ccc(-c3ccc4c5cccc6cccc(c7cccc3c74)c65)cc2)n1. The number of anilines is 3. The number of nitrogen functional groups attached to an aromatic ring is 2. The largest absolute Gasteiger partial charge is 0.368 e. The van der Waals surface area contributed by atoms with Gasteiger partial charge in [0.25, 0.3) is 0 Å². The molecule has 1 heterocycles. The molecule has 0 aliphatic carbocycles. The molecule has 0 aliphatic heterocycles. The van der Waals surface area contributed by atoms with Crippen molar-refractivity contribution >= 4 is 66.8 Å². The Bertz CT molecular complexity index is 1950. The zero-order valence-corrected chi connectivity index (χ0v) is 20.3. The summed E-state index contributed by atoms with van der Waals surface area (Å²) in [6.07, 6.45) is 0.163. The summed E-state index contributed by atoms with van der Waals surface area (Å²) < 4.78 is 0. The van der Waals surface area contributed by atoms with Crippen molar-refractivity contribution in [2.45, 2.75) is 6.42 Å². The number of rotatable bonds is 4. The van der Waals surface area contributed by atoms with Crippen molar-refractivity contribution in [2.24, 2.45) is 0 Å². The Hall–Kier alpha value is -5.30. The van der Waals surface area contributed by atoms with Crippen molar-refractivity contribution in [3.63, 3.8) is 0 Å². The number of nitrogens with one attached hydrogen (secondary N) is 1. The maximum absolute atomic E-state index is 12.5. The number of amides is 1. The van der Waals surface area contributed by atoms with Gasteiger partial charge in [-0.25, -0.2) is 0 Å². The van der Waals surface area contributed by atoms with Crippen LogP contribution in [0.1, 0.15) is 5.56 Å². The molecular weight excluding hydrogens is 472 g/mol. The minimum atomic E-state index is -0.267. The van der Waals surface area contributed by atoms with Crippen LogP contribution in [0.4, 0.5) is 17.8 Å². The van der Waals surface area contributed by atoms with E-state index < -0.39 is 0 Å². The van der Waals surface area contributed by atoms with Crippen LogP contribution in [-0.2, 0) is 11.2 Å². The molecule has 38 heavy (non-hydrogen) atoms. The molecule has 7 heteroatoms. The van der Waals surface area contributed by atoms with Crippen LogP contribution in [-0.4, -0.2) is 20.9 Å². The monoisotopic (exact) mass is 494 g/mol. The predicted octanol–water partition coefficient (Wildman–Crippen LogP) is 5.93. The number of carbonyl (C=O) groups excluding carboxylic acids is 1. The number of carbonyl (C=O) groups is 1. The molecule has 1 aromatic heterocycles. The highest BCUT2D eigenvalue weighted by Crippen LogP contribution is 2.42. The smallest absolute Gasteiger partial charge is 0.236 e. The van der Waals surface area contributed by atoms with E-state index in [1.165, 1.54) is 43.1 Å². The zero-order valence-electron chi connectivity index (χ0n) is 20.3. The molecular formula is C31H22N6O. The highest BCUT2D eigenvalue weighted by atomic mass is 16.1. The molecule has 7 nitrogen and oxygen atoms in total. The predicted molar refractivity (Wildman–Crippen MR) is 154 cm³/mol. The summed E-state index contributed by atoms with van der Waals surface area (Å²) in [4.78, 5) is 24.0. The molecule has 1 amide bonds. The van der Waals surface area contributed by atoms with Gasteiger partial charge in [-0.15, -0.1) is 0 Å². The van der Waals surface area contributed by atoms with Crippen LogP contribution in [0, 0.1) is 0 Å². The second-order valence-electron chi connectivity index (χ2n) is 9.40. The summed E-state index contributed by atoms with van der Waals surface area (Å²) >= 11 is 0. The van der Waals surface area contributed by atoms with Gasteiger partial charge >= 0.3 is 0 Å². The minimum Gasteiger partial charge on any atom is -0.368 e. The maximum Gasteiger partial charge on any atom is 0.236 e. The van der Waals surface area contributed by atoms with E-state index in [1.807, 2.05) is 12.1 Å². The molecule has 0 saturated heterocycles. The van der Waals surface area contributed by atoms with Crippen LogP contribution in [0.25, 0.3) is 54.2 Å². The molecule has 7 rings (SSSR count). The highest BCUT2D eigenvalue weighted by molar-refractivity contribution is 6.34. The van der Waals surface area contributed by atoms with E-state index in [9.17, 15) is 4.79 Å². The number of benzene rings is 6. The number of fused-ring (bicyclic) bond motifs is 2. The number of hydrogen-bond acceptors (Lipinski definition) is 6. The fraction of sp³-hybridized carbons (Fsp3) is 0.0323. The average molecular weight is 495 g/mol. The van der Waals surface area contributed by atoms with E-state index in [2.05, 4.69) is 99.1 Å². The second kappa shape index (κ2) is 8.38. The Morgan fingerprint density at radius 2 is 1.21 bits per heavy atom. The van der Waals surface area contributed by atoms with Crippen LogP contribution >= 0.6 is 0 Å². The first-order valence-electron chi connectivity index (χ1n) is 12.3. The molecule has 0 saturated carbocycles. The minimum absolute atomic E-state index is 0.0395. The first-order valence-corrected chi connectivity index (χ1v) is 12.3. The molecule has 0 atom stereocenters. The maximum atomic E-state index is 12.5. The van der Waals surface area contributed by atoms with Crippen molar-refractivity contribution in [3.8, 4) is 11.1 Å². The van der Waals surface area contributed by atoms with Crippen LogP contribution in [0.15, 0.2) is 91.0 Å². The zero-order chi connectivity index (χ0) is 25.8. The van der Waals surface area contributed by atoms with Gasteiger partial charge in [0.15, 0.2) is 0 Å². The highest BCUT2D eigenvalue weighted by Gasteiger charge is 2.15. The molecule has 0 radical (unpaired) electrons. The lowest BCUT2D eigenvalue weighted by Gasteiger charge is -2.16. The summed E-state index contributed by atoms with van der Waals surface area (Å²) in [5, 5.41) is 12.7.